The molecule has 2 aromatic rings. The van der Waals surface area contributed by atoms with Crippen molar-refractivity contribution in [2.45, 2.75) is 51.4 Å². The maximum atomic E-state index is 13.8. The molecular formula is C23H29N3O. The monoisotopic (exact) mass is 363 g/mol. The van der Waals surface area contributed by atoms with Gasteiger partial charge in [0.1, 0.15) is 11.2 Å². The van der Waals surface area contributed by atoms with Crippen LogP contribution in [0.2, 0.25) is 0 Å². The van der Waals surface area contributed by atoms with Crippen LogP contribution >= 0.6 is 0 Å². The molecule has 4 nitrogen and oxygen atoms in total. The van der Waals surface area contributed by atoms with Crippen LogP contribution in [-0.4, -0.2) is 30.5 Å². The Kier molecular flexibility index (Phi) is 4.90. The number of anilines is 2. The Hall–Kier alpha value is -2.36. The summed E-state index contributed by atoms with van der Waals surface area (Å²) in [6.07, 6.45) is 7.46. The number of carbonyl (C=O) groups is 1. The average molecular weight is 364 g/mol. The minimum absolute atomic E-state index is 0.230. The average Bonchev–Trinajstić information content (AvgIpc) is 3.16. The van der Waals surface area contributed by atoms with E-state index in [-0.39, 0.29) is 5.91 Å². The lowest BCUT2D eigenvalue weighted by atomic mass is 9.77. The Morgan fingerprint density at radius 3 is 2.56 bits per heavy atom. The standard InChI is InChI=1S/C23H29N3O/c1-3-5-9-16-26-20-13-8-7-11-18(20)23(22(26)27)17-25(15-6-4-2)21-19(23)12-10-14-24-21/h7-8,10-14H,3-6,9,15-17H2,1-2H3. The van der Waals surface area contributed by atoms with Gasteiger partial charge in [0.05, 0.1) is 0 Å². The summed E-state index contributed by atoms with van der Waals surface area (Å²) >= 11 is 0. The van der Waals surface area contributed by atoms with Crippen LogP contribution in [0.1, 0.15) is 57.1 Å². The number of carbonyl (C=O) groups excluding carboxylic acids is 1. The van der Waals surface area contributed by atoms with Gasteiger partial charge in [-0.15, -0.1) is 0 Å². The van der Waals surface area contributed by atoms with Crippen LogP contribution in [0.25, 0.3) is 0 Å². The van der Waals surface area contributed by atoms with E-state index in [0.717, 1.165) is 67.8 Å². The molecule has 0 fully saturated rings. The summed E-state index contributed by atoms with van der Waals surface area (Å²) < 4.78 is 0. The van der Waals surface area contributed by atoms with E-state index in [9.17, 15) is 4.79 Å². The number of hydrogen-bond donors (Lipinski definition) is 0. The fourth-order valence-electron chi connectivity index (χ4n) is 4.64. The number of unbranched alkanes of at least 4 members (excludes halogenated alkanes) is 3. The highest BCUT2D eigenvalue weighted by Gasteiger charge is 2.57. The molecule has 2 aliphatic heterocycles. The largest absolute Gasteiger partial charge is 0.355 e. The lowest BCUT2D eigenvalue weighted by Gasteiger charge is -2.26. The predicted octanol–water partition coefficient (Wildman–Crippen LogP) is 4.52. The summed E-state index contributed by atoms with van der Waals surface area (Å²) in [5, 5.41) is 0. The summed E-state index contributed by atoms with van der Waals surface area (Å²) in [6, 6.07) is 12.4. The van der Waals surface area contributed by atoms with Crippen molar-refractivity contribution in [3.05, 3.63) is 53.7 Å². The van der Waals surface area contributed by atoms with Crippen molar-refractivity contribution in [3.8, 4) is 0 Å². The first kappa shape index (κ1) is 18.0. The van der Waals surface area contributed by atoms with Crippen LogP contribution in [-0.2, 0) is 10.2 Å². The molecule has 4 rings (SSSR count). The highest BCUT2D eigenvalue weighted by molar-refractivity contribution is 6.12. The molecule has 27 heavy (non-hydrogen) atoms. The molecule has 0 aliphatic carbocycles. The van der Waals surface area contributed by atoms with Gasteiger partial charge in [-0.3, -0.25) is 4.79 Å². The summed E-state index contributed by atoms with van der Waals surface area (Å²) in [5.74, 6) is 1.22. The van der Waals surface area contributed by atoms with Crippen molar-refractivity contribution in [3.63, 3.8) is 0 Å². The first-order valence-corrected chi connectivity index (χ1v) is 10.4. The summed E-state index contributed by atoms with van der Waals surface area (Å²) in [4.78, 5) is 22.9. The third kappa shape index (κ3) is 2.73. The zero-order valence-electron chi connectivity index (χ0n) is 16.4. The molecule has 2 aliphatic rings. The van der Waals surface area contributed by atoms with Crippen molar-refractivity contribution >= 4 is 17.4 Å². The van der Waals surface area contributed by atoms with Crippen LogP contribution in [0.15, 0.2) is 42.6 Å². The fourth-order valence-corrected chi connectivity index (χ4v) is 4.64. The Bertz CT molecular complexity index is 834. The van der Waals surface area contributed by atoms with E-state index < -0.39 is 5.41 Å². The van der Waals surface area contributed by atoms with Gasteiger partial charge in [0, 0.05) is 37.1 Å². The molecule has 1 aromatic heterocycles. The molecule has 0 radical (unpaired) electrons. The van der Waals surface area contributed by atoms with Gasteiger partial charge in [-0.1, -0.05) is 57.4 Å². The van der Waals surface area contributed by atoms with Crippen molar-refractivity contribution in [1.82, 2.24) is 4.98 Å². The second-order valence-corrected chi connectivity index (χ2v) is 7.74. The van der Waals surface area contributed by atoms with Crippen molar-refractivity contribution in [1.29, 1.82) is 0 Å². The van der Waals surface area contributed by atoms with Gasteiger partial charge in [-0.05, 0) is 30.5 Å². The first-order valence-electron chi connectivity index (χ1n) is 10.4. The number of nitrogens with zero attached hydrogens (tertiary/aromatic N) is 3. The summed E-state index contributed by atoms with van der Waals surface area (Å²) in [7, 11) is 0. The number of amides is 1. The number of benzene rings is 1. The van der Waals surface area contributed by atoms with Crippen LogP contribution < -0.4 is 9.80 Å². The third-order valence-corrected chi connectivity index (χ3v) is 6.01. The number of para-hydroxylation sites is 1. The number of pyridine rings is 1. The molecule has 0 saturated heterocycles. The van der Waals surface area contributed by atoms with Gasteiger partial charge < -0.3 is 9.80 Å². The Morgan fingerprint density at radius 1 is 0.963 bits per heavy atom. The second-order valence-electron chi connectivity index (χ2n) is 7.74. The van der Waals surface area contributed by atoms with Gasteiger partial charge in [0.15, 0.2) is 0 Å². The van der Waals surface area contributed by atoms with Crippen molar-refractivity contribution in [2.24, 2.45) is 0 Å². The fraction of sp³-hybridized carbons (Fsp3) is 0.478. The molecule has 0 bridgehead atoms. The second kappa shape index (κ2) is 7.34. The van der Waals surface area contributed by atoms with Gasteiger partial charge in [0.2, 0.25) is 5.91 Å². The number of hydrogen-bond acceptors (Lipinski definition) is 3. The van der Waals surface area contributed by atoms with E-state index in [2.05, 4.69) is 48.0 Å². The zero-order chi connectivity index (χ0) is 18.9. The molecule has 1 amide bonds. The van der Waals surface area contributed by atoms with Crippen LogP contribution in [0.5, 0.6) is 0 Å². The van der Waals surface area contributed by atoms with E-state index in [0.29, 0.717) is 6.54 Å². The SMILES string of the molecule is CCCCCN1C(=O)C2(CN(CCCC)c3ncccc32)c2ccccc21. The molecular weight excluding hydrogens is 334 g/mol. The Labute approximate surface area is 162 Å². The van der Waals surface area contributed by atoms with E-state index in [1.165, 1.54) is 0 Å². The molecule has 0 N–H and O–H groups in total. The molecule has 3 heterocycles. The van der Waals surface area contributed by atoms with Gasteiger partial charge in [0.25, 0.3) is 0 Å². The smallest absolute Gasteiger partial charge is 0.244 e. The van der Waals surface area contributed by atoms with Gasteiger partial charge in [-0.25, -0.2) is 4.98 Å². The maximum Gasteiger partial charge on any atom is 0.244 e. The molecule has 1 aromatic carbocycles. The van der Waals surface area contributed by atoms with Crippen molar-refractivity contribution < 1.29 is 4.79 Å². The number of aromatic nitrogens is 1. The molecule has 1 atom stereocenters. The summed E-state index contributed by atoms with van der Waals surface area (Å²) in [5.41, 5.74) is 2.72. The molecule has 142 valence electrons. The quantitative estimate of drug-likeness (QED) is 0.679. The van der Waals surface area contributed by atoms with E-state index in [4.69, 9.17) is 0 Å². The lowest BCUT2D eigenvalue weighted by Crippen LogP contribution is -2.45. The highest BCUT2D eigenvalue weighted by Crippen LogP contribution is 2.52. The number of fused-ring (bicyclic) bond motifs is 4. The van der Waals surface area contributed by atoms with Crippen LogP contribution in [0, 0.1) is 0 Å². The van der Waals surface area contributed by atoms with Crippen LogP contribution in [0.4, 0.5) is 11.5 Å². The highest BCUT2D eigenvalue weighted by atomic mass is 16.2. The number of rotatable bonds is 7. The molecule has 1 spiro atoms. The van der Waals surface area contributed by atoms with Gasteiger partial charge in [-0.2, -0.15) is 0 Å². The Balaban J connectivity index is 1.79. The van der Waals surface area contributed by atoms with E-state index in [1.807, 2.05) is 23.2 Å². The lowest BCUT2D eigenvalue weighted by molar-refractivity contribution is -0.121. The van der Waals surface area contributed by atoms with E-state index in [1.54, 1.807) is 0 Å². The third-order valence-electron chi connectivity index (χ3n) is 6.01. The minimum atomic E-state index is -0.597. The normalized spacial score (nSPS) is 20.4. The topological polar surface area (TPSA) is 36.4 Å². The zero-order valence-corrected chi connectivity index (χ0v) is 16.4. The van der Waals surface area contributed by atoms with E-state index >= 15 is 0 Å². The first-order chi connectivity index (χ1) is 13.2. The minimum Gasteiger partial charge on any atom is -0.355 e. The maximum absolute atomic E-state index is 13.8. The van der Waals surface area contributed by atoms with Crippen LogP contribution in [0.3, 0.4) is 0 Å². The Morgan fingerprint density at radius 2 is 1.74 bits per heavy atom. The molecule has 0 saturated carbocycles. The van der Waals surface area contributed by atoms with Gasteiger partial charge >= 0.3 is 0 Å². The van der Waals surface area contributed by atoms with Crippen molar-refractivity contribution in [2.75, 3.05) is 29.4 Å². The molecule has 1 unspecified atom stereocenters. The predicted molar refractivity (Wildman–Crippen MR) is 110 cm³/mol. The molecule has 4 heteroatoms. The summed E-state index contributed by atoms with van der Waals surface area (Å²) in [6.45, 7) is 6.87.